The average molecular weight is 186 g/mol. The first-order valence-electron chi connectivity index (χ1n) is 4.04. The summed E-state index contributed by atoms with van der Waals surface area (Å²) in [6, 6.07) is 0.00806. The third kappa shape index (κ3) is 2.27. The zero-order chi connectivity index (χ0) is 8.97. The van der Waals surface area contributed by atoms with Crippen molar-refractivity contribution in [1.82, 2.24) is 10.3 Å². The van der Waals surface area contributed by atoms with Gasteiger partial charge < -0.3 is 10.4 Å². The number of aliphatic hydroxyl groups is 1. The molecule has 1 unspecified atom stereocenters. The van der Waals surface area contributed by atoms with E-state index in [9.17, 15) is 0 Å². The van der Waals surface area contributed by atoms with E-state index in [0.29, 0.717) is 0 Å². The van der Waals surface area contributed by atoms with E-state index in [1.165, 1.54) is 0 Å². The van der Waals surface area contributed by atoms with Gasteiger partial charge >= 0.3 is 0 Å². The number of hydrogen-bond donors (Lipinski definition) is 2. The Balaban J connectivity index is 2.66. The van der Waals surface area contributed by atoms with Gasteiger partial charge in [0.1, 0.15) is 5.01 Å². The van der Waals surface area contributed by atoms with E-state index in [4.69, 9.17) is 5.11 Å². The lowest BCUT2D eigenvalue weighted by atomic mass is 10.3. The molecular weight excluding hydrogens is 172 g/mol. The van der Waals surface area contributed by atoms with Crippen LogP contribution in [0.3, 0.4) is 0 Å². The number of thiazole rings is 1. The minimum absolute atomic E-state index is 0.00806. The fraction of sp³-hybridized carbons (Fsp3) is 0.625. The molecule has 1 atom stereocenters. The fourth-order valence-electron chi connectivity index (χ4n) is 1.01. The predicted molar refractivity (Wildman–Crippen MR) is 50.4 cm³/mol. The molecule has 1 aromatic heterocycles. The summed E-state index contributed by atoms with van der Waals surface area (Å²) in [7, 11) is 0. The van der Waals surface area contributed by atoms with Crippen LogP contribution in [0.15, 0.2) is 5.38 Å². The van der Waals surface area contributed by atoms with Gasteiger partial charge in [-0.2, -0.15) is 0 Å². The minimum atomic E-state index is 0.00806. The molecule has 1 heterocycles. The molecule has 0 aromatic carbocycles. The van der Waals surface area contributed by atoms with E-state index in [1.54, 1.807) is 11.3 Å². The number of rotatable bonds is 4. The number of aliphatic hydroxyl groups excluding tert-OH is 1. The van der Waals surface area contributed by atoms with Crippen LogP contribution in [0.2, 0.25) is 0 Å². The summed E-state index contributed by atoms with van der Waals surface area (Å²) >= 11 is 1.59. The van der Waals surface area contributed by atoms with Crippen LogP contribution in [0.1, 0.15) is 23.7 Å². The van der Waals surface area contributed by atoms with Crippen LogP contribution in [0.4, 0.5) is 0 Å². The minimum Gasteiger partial charge on any atom is -0.394 e. The van der Waals surface area contributed by atoms with Crippen molar-refractivity contribution in [3.05, 3.63) is 16.1 Å². The molecule has 12 heavy (non-hydrogen) atoms. The molecule has 1 aromatic rings. The number of hydrogen-bond acceptors (Lipinski definition) is 4. The summed E-state index contributed by atoms with van der Waals surface area (Å²) in [6.07, 6.45) is 0. The third-order valence-electron chi connectivity index (χ3n) is 1.57. The van der Waals surface area contributed by atoms with E-state index < -0.39 is 0 Å². The van der Waals surface area contributed by atoms with Crippen molar-refractivity contribution in [2.24, 2.45) is 0 Å². The molecule has 0 saturated carbocycles. The van der Waals surface area contributed by atoms with Crippen LogP contribution >= 0.6 is 11.3 Å². The van der Waals surface area contributed by atoms with Crippen molar-refractivity contribution in [3.8, 4) is 0 Å². The molecule has 4 heteroatoms. The second-order valence-corrected chi connectivity index (χ2v) is 3.51. The van der Waals surface area contributed by atoms with Gasteiger partial charge in [0.2, 0.25) is 0 Å². The molecule has 0 aliphatic heterocycles. The summed E-state index contributed by atoms with van der Waals surface area (Å²) in [4.78, 5) is 4.30. The second-order valence-electron chi connectivity index (χ2n) is 2.62. The van der Waals surface area contributed by atoms with Crippen LogP contribution in [0.5, 0.6) is 0 Å². The maximum atomic E-state index is 9.02. The molecule has 0 bridgehead atoms. The highest BCUT2D eigenvalue weighted by atomic mass is 32.1. The topological polar surface area (TPSA) is 45.1 Å². The van der Waals surface area contributed by atoms with Gasteiger partial charge in [0.25, 0.3) is 0 Å². The van der Waals surface area contributed by atoms with Crippen LogP contribution in [0, 0.1) is 6.92 Å². The van der Waals surface area contributed by atoms with Crippen LogP contribution in [0.25, 0.3) is 0 Å². The average Bonchev–Trinajstić information content (AvgIpc) is 2.47. The van der Waals surface area contributed by atoms with Gasteiger partial charge in [0.15, 0.2) is 0 Å². The van der Waals surface area contributed by atoms with Crippen molar-refractivity contribution in [1.29, 1.82) is 0 Å². The Bertz CT molecular complexity index is 237. The maximum absolute atomic E-state index is 9.02. The molecule has 0 aliphatic rings. The molecule has 0 spiro atoms. The van der Waals surface area contributed by atoms with Gasteiger partial charge in [0.05, 0.1) is 12.6 Å². The van der Waals surface area contributed by atoms with E-state index in [2.05, 4.69) is 10.3 Å². The maximum Gasteiger partial charge on any atom is 0.112 e. The highest BCUT2D eigenvalue weighted by Crippen LogP contribution is 2.16. The Kier molecular flexibility index (Phi) is 3.65. The van der Waals surface area contributed by atoms with Crippen LogP contribution in [-0.2, 0) is 0 Å². The summed E-state index contributed by atoms with van der Waals surface area (Å²) < 4.78 is 0. The van der Waals surface area contributed by atoms with Crippen molar-refractivity contribution in [2.45, 2.75) is 19.9 Å². The standard InChI is InChI=1S/C8H14N2OS/c1-3-9-7(4-11)8-10-6(2)5-12-8/h5,7,9,11H,3-4H2,1-2H3. The molecule has 2 N–H and O–H groups in total. The van der Waals surface area contributed by atoms with Crippen molar-refractivity contribution < 1.29 is 5.11 Å². The van der Waals surface area contributed by atoms with Crippen LogP contribution in [-0.4, -0.2) is 23.2 Å². The highest BCUT2D eigenvalue weighted by molar-refractivity contribution is 7.09. The van der Waals surface area contributed by atoms with Gasteiger partial charge in [0, 0.05) is 11.1 Å². The van der Waals surface area contributed by atoms with E-state index in [0.717, 1.165) is 17.2 Å². The van der Waals surface area contributed by atoms with Gasteiger partial charge in [-0.1, -0.05) is 6.92 Å². The first-order chi connectivity index (χ1) is 5.77. The van der Waals surface area contributed by atoms with Crippen molar-refractivity contribution in [2.75, 3.05) is 13.2 Å². The Morgan fingerprint density at radius 3 is 2.92 bits per heavy atom. The number of nitrogens with zero attached hydrogens (tertiary/aromatic N) is 1. The quantitative estimate of drug-likeness (QED) is 0.740. The largest absolute Gasteiger partial charge is 0.394 e. The molecule has 3 nitrogen and oxygen atoms in total. The first kappa shape index (κ1) is 9.64. The molecule has 0 aliphatic carbocycles. The molecule has 0 radical (unpaired) electrons. The number of aromatic nitrogens is 1. The van der Waals surface area contributed by atoms with E-state index >= 15 is 0 Å². The molecule has 0 fully saturated rings. The third-order valence-corrected chi connectivity index (χ3v) is 2.64. The molecular formula is C8H14N2OS. The molecule has 68 valence electrons. The van der Waals surface area contributed by atoms with E-state index in [1.807, 2.05) is 19.2 Å². The molecule has 1 rings (SSSR count). The zero-order valence-corrected chi connectivity index (χ0v) is 8.19. The van der Waals surface area contributed by atoms with E-state index in [-0.39, 0.29) is 12.6 Å². The smallest absolute Gasteiger partial charge is 0.112 e. The second kappa shape index (κ2) is 4.54. The summed E-state index contributed by atoms with van der Waals surface area (Å²) in [5.41, 5.74) is 1.02. The van der Waals surface area contributed by atoms with Crippen molar-refractivity contribution in [3.63, 3.8) is 0 Å². The van der Waals surface area contributed by atoms with Gasteiger partial charge in [-0.3, -0.25) is 0 Å². The van der Waals surface area contributed by atoms with Crippen molar-refractivity contribution >= 4 is 11.3 Å². The fourth-order valence-corrected chi connectivity index (χ4v) is 1.87. The highest BCUT2D eigenvalue weighted by Gasteiger charge is 2.11. The van der Waals surface area contributed by atoms with Gasteiger partial charge in [-0.05, 0) is 13.5 Å². The summed E-state index contributed by atoms with van der Waals surface area (Å²) in [5, 5.41) is 15.1. The van der Waals surface area contributed by atoms with Gasteiger partial charge in [-0.25, -0.2) is 4.98 Å². The molecule has 0 saturated heterocycles. The zero-order valence-electron chi connectivity index (χ0n) is 7.37. The lowest BCUT2D eigenvalue weighted by molar-refractivity contribution is 0.246. The summed E-state index contributed by atoms with van der Waals surface area (Å²) in [6.45, 7) is 4.94. The Morgan fingerprint density at radius 1 is 1.75 bits per heavy atom. The first-order valence-corrected chi connectivity index (χ1v) is 4.92. The Hall–Kier alpha value is -0.450. The lowest BCUT2D eigenvalue weighted by Gasteiger charge is -2.10. The SMILES string of the molecule is CCNC(CO)c1nc(C)cs1. The Morgan fingerprint density at radius 2 is 2.50 bits per heavy atom. The molecule has 0 amide bonds. The number of nitrogens with one attached hydrogen (secondary N) is 1. The van der Waals surface area contributed by atoms with Gasteiger partial charge in [-0.15, -0.1) is 11.3 Å². The number of likely N-dealkylation sites (N-methyl/N-ethyl adjacent to an activating group) is 1. The normalized spacial score (nSPS) is 13.2. The monoisotopic (exact) mass is 186 g/mol. The number of aryl methyl sites for hydroxylation is 1. The predicted octanol–water partition coefficient (Wildman–Crippen LogP) is 1.09. The van der Waals surface area contributed by atoms with Crippen LogP contribution < -0.4 is 5.32 Å². The lowest BCUT2D eigenvalue weighted by Crippen LogP contribution is -2.23. The summed E-state index contributed by atoms with van der Waals surface area (Å²) in [5.74, 6) is 0. The Labute approximate surface area is 76.5 Å².